The Labute approximate surface area is 129 Å². The van der Waals surface area contributed by atoms with Crippen LogP contribution in [0.25, 0.3) is 0 Å². The molecule has 1 saturated heterocycles. The fourth-order valence-electron chi connectivity index (χ4n) is 2.75. The maximum absolute atomic E-state index is 12.2. The number of carbonyl (C=O) groups excluding carboxylic acids is 1. The largest absolute Gasteiger partial charge is 0.370 e. The van der Waals surface area contributed by atoms with Crippen molar-refractivity contribution in [1.82, 2.24) is 4.57 Å². The van der Waals surface area contributed by atoms with Gasteiger partial charge in [0, 0.05) is 25.4 Å². The van der Waals surface area contributed by atoms with Crippen LogP contribution >= 0.6 is 0 Å². The van der Waals surface area contributed by atoms with E-state index >= 15 is 0 Å². The lowest BCUT2D eigenvalue weighted by atomic mass is 10.2. The van der Waals surface area contributed by atoms with Crippen LogP contribution in [0.2, 0.25) is 0 Å². The number of hydrogen-bond acceptors (Lipinski definition) is 3. The Morgan fingerprint density at radius 1 is 1.05 bits per heavy atom. The average Bonchev–Trinajstić information content (AvgIpc) is 3.04. The van der Waals surface area contributed by atoms with E-state index in [1.807, 2.05) is 24.3 Å². The van der Waals surface area contributed by atoms with Crippen LogP contribution in [0.1, 0.15) is 12.8 Å². The number of pyridine rings is 1. The van der Waals surface area contributed by atoms with Crippen LogP contribution in [-0.2, 0) is 11.3 Å². The normalized spacial score (nSPS) is 14.1. The van der Waals surface area contributed by atoms with Gasteiger partial charge in [-0.15, -0.1) is 0 Å². The Morgan fingerprint density at radius 2 is 1.77 bits per heavy atom. The minimum atomic E-state index is -0.194. The molecule has 1 aliphatic rings. The molecule has 3 rings (SSSR count). The molecule has 1 fully saturated rings. The van der Waals surface area contributed by atoms with Crippen molar-refractivity contribution in [2.75, 3.05) is 23.3 Å². The van der Waals surface area contributed by atoms with Gasteiger partial charge in [-0.3, -0.25) is 9.59 Å². The van der Waals surface area contributed by atoms with Crippen molar-refractivity contribution in [2.24, 2.45) is 0 Å². The van der Waals surface area contributed by atoms with Gasteiger partial charge in [-0.05, 0) is 31.0 Å². The molecule has 0 radical (unpaired) electrons. The third kappa shape index (κ3) is 3.19. The summed E-state index contributed by atoms with van der Waals surface area (Å²) in [6.45, 7) is 2.06. The highest BCUT2D eigenvalue weighted by atomic mass is 16.2. The minimum Gasteiger partial charge on any atom is -0.370 e. The molecule has 0 spiro atoms. The standard InChI is InChI=1S/C17H19N3O2/c21-16(13-20-12-4-3-9-17(20)22)18-14-7-1-2-8-15(14)19-10-5-6-11-19/h1-4,7-9,12H,5-6,10-11,13H2,(H,18,21). The van der Waals surface area contributed by atoms with E-state index in [2.05, 4.69) is 10.2 Å². The number of para-hydroxylation sites is 2. The number of benzene rings is 1. The van der Waals surface area contributed by atoms with E-state index < -0.39 is 0 Å². The molecular formula is C17H19N3O2. The van der Waals surface area contributed by atoms with Gasteiger partial charge in [-0.2, -0.15) is 0 Å². The first-order valence-electron chi connectivity index (χ1n) is 7.53. The SMILES string of the molecule is O=C(Cn1ccccc1=O)Nc1ccccc1N1CCCC1. The molecule has 1 aliphatic heterocycles. The molecule has 5 heteroatoms. The molecule has 1 aromatic carbocycles. The fraction of sp³-hybridized carbons (Fsp3) is 0.294. The molecule has 22 heavy (non-hydrogen) atoms. The summed E-state index contributed by atoms with van der Waals surface area (Å²) in [5.74, 6) is -0.194. The van der Waals surface area contributed by atoms with E-state index in [-0.39, 0.29) is 18.0 Å². The number of aromatic nitrogens is 1. The van der Waals surface area contributed by atoms with Gasteiger partial charge in [0.05, 0.1) is 11.4 Å². The summed E-state index contributed by atoms with van der Waals surface area (Å²) in [4.78, 5) is 26.2. The summed E-state index contributed by atoms with van der Waals surface area (Å²) in [7, 11) is 0. The molecule has 1 aromatic heterocycles. The Hall–Kier alpha value is -2.56. The van der Waals surface area contributed by atoms with Crippen molar-refractivity contribution in [3.63, 3.8) is 0 Å². The number of hydrogen-bond donors (Lipinski definition) is 1. The first kappa shape index (κ1) is 14.4. The van der Waals surface area contributed by atoms with E-state index in [0.29, 0.717) is 0 Å². The second-order valence-electron chi connectivity index (χ2n) is 5.43. The van der Waals surface area contributed by atoms with Crippen LogP contribution in [-0.4, -0.2) is 23.6 Å². The zero-order valence-corrected chi connectivity index (χ0v) is 12.4. The van der Waals surface area contributed by atoms with Crippen LogP contribution in [0.15, 0.2) is 53.5 Å². The quantitative estimate of drug-likeness (QED) is 0.940. The van der Waals surface area contributed by atoms with Gasteiger partial charge < -0.3 is 14.8 Å². The van der Waals surface area contributed by atoms with Gasteiger partial charge in [-0.1, -0.05) is 18.2 Å². The Bertz CT molecular complexity index is 718. The minimum absolute atomic E-state index is 0.0218. The molecule has 114 valence electrons. The zero-order chi connectivity index (χ0) is 15.4. The molecule has 0 bridgehead atoms. The molecule has 1 N–H and O–H groups in total. The summed E-state index contributed by atoms with van der Waals surface area (Å²) in [5.41, 5.74) is 1.68. The summed E-state index contributed by atoms with van der Waals surface area (Å²) in [6, 6.07) is 12.7. The monoisotopic (exact) mass is 297 g/mol. The summed E-state index contributed by atoms with van der Waals surface area (Å²) < 4.78 is 1.40. The van der Waals surface area contributed by atoms with Crippen molar-refractivity contribution in [3.8, 4) is 0 Å². The summed E-state index contributed by atoms with van der Waals surface area (Å²) >= 11 is 0. The maximum atomic E-state index is 12.2. The lowest BCUT2D eigenvalue weighted by Crippen LogP contribution is -2.27. The van der Waals surface area contributed by atoms with Crippen LogP contribution < -0.4 is 15.8 Å². The van der Waals surface area contributed by atoms with E-state index in [1.54, 1.807) is 18.3 Å². The summed E-state index contributed by atoms with van der Waals surface area (Å²) in [6.07, 6.45) is 3.98. The second kappa shape index (κ2) is 6.47. The molecule has 2 aromatic rings. The van der Waals surface area contributed by atoms with E-state index in [0.717, 1.165) is 24.5 Å². The highest BCUT2D eigenvalue weighted by Gasteiger charge is 2.16. The topological polar surface area (TPSA) is 54.3 Å². The van der Waals surface area contributed by atoms with Crippen LogP contribution in [0.3, 0.4) is 0 Å². The van der Waals surface area contributed by atoms with Crippen LogP contribution in [0, 0.1) is 0 Å². The number of rotatable bonds is 4. The highest BCUT2D eigenvalue weighted by Crippen LogP contribution is 2.28. The molecule has 0 saturated carbocycles. The first-order valence-corrected chi connectivity index (χ1v) is 7.53. The number of anilines is 2. The summed E-state index contributed by atoms with van der Waals surface area (Å²) in [5, 5.41) is 2.92. The third-order valence-corrected chi connectivity index (χ3v) is 3.84. The smallest absolute Gasteiger partial charge is 0.250 e. The molecule has 5 nitrogen and oxygen atoms in total. The van der Waals surface area contributed by atoms with Crippen molar-refractivity contribution in [2.45, 2.75) is 19.4 Å². The van der Waals surface area contributed by atoms with Gasteiger partial charge >= 0.3 is 0 Å². The number of amides is 1. The van der Waals surface area contributed by atoms with Gasteiger partial charge in [0.15, 0.2) is 0 Å². The Balaban J connectivity index is 1.74. The van der Waals surface area contributed by atoms with Crippen molar-refractivity contribution in [3.05, 3.63) is 59.0 Å². The molecule has 2 heterocycles. The fourth-order valence-corrected chi connectivity index (χ4v) is 2.75. The second-order valence-corrected chi connectivity index (χ2v) is 5.43. The Morgan fingerprint density at radius 3 is 2.55 bits per heavy atom. The lowest BCUT2D eigenvalue weighted by Gasteiger charge is -2.21. The molecule has 0 unspecified atom stereocenters. The van der Waals surface area contributed by atoms with Gasteiger partial charge in [-0.25, -0.2) is 0 Å². The van der Waals surface area contributed by atoms with Gasteiger partial charge in [0.25, 0.3) is 5.56 Å². The number of nitrogens with zero attached hydrogens (tertiary/aromatic N) is 2. The maximum Gasteiger partial charge on any atom is 0.250 e. The van der Waals surface area contributed by atoms with E-state index in [1.165, 1.54) is 23.5 Å². The van der Waals surface area contributed by atoms with Crippen LogP contribution in [0.4, 0.5) is 11.4 Å². The van der Waals surface area contributed by atoms with Gasteiger partial charge in [0.2, 0.25) is 5.91 Å². The zero-order valence-electron chi connectivity index (χ0n) is 12.4. The van der Waals surface area contributed by atoms with Crippen molar-refractivity contribution >= 4 is 17.3 Å². The molecule has 0 aliphatic carbocycles. The molecular weight excluding hydrogens is 278 g/mol. The first-order chi connectivity index (χ1) is 10.7. The number of carbonyl (C=O) groups is 1. The van der Waals surface area contributed by atoms with Crippen molar-refractivity contribution in [1.29, 1.82) is 0 Å². The predicted molar refractivity (Wildman–Crippen MR) is 87.2 cm³/mol. The molecule has 1 amide bonds. The van der Waals surface area contributed by atoms with Crippen LogP contribution in [0.5, 0.6) is 0 Å². The predicted octanol–water partition coefficient (Wildman–Crippen LogP) is 2.09. The number of nitrogens with one attached hydrogen (secondary N) is 1. The van der Waals surface area contributed by atoms with Crippen molar-refractivity contribution < 1.29 is 4.79 Å². The highest BCUT2D eigenvalue weighted by molar-refractivity contribution is 5.94. The lowest BCUT2D eigenvalue weighted by molar-refractivity contribution is -0.116. The van der Waals surface area contributed by atoms with E-state index in [4.69, 9.17) is 0 Å². The average molecular weight is 297 g/mol. The Kier molecular flexibility index (Phi) is 4.23. The van der Waals surface area contributed by atoms with Gasteiger partial charge in [0.1, 0.15) is 6.54 Å². The van der Waals surface area contributed by atoms with E-state index in [9.17, 15) is 9.59 Å². The third-order valence-electron chi connectivity index (χ3n) is 3.84. The molecule has 0 atom stereocenters.